The number of hydrogen-bond donors (Lipinski definition) is 2. The molecule has 0 fully saturated rings. The second-order valence-corrected chi connectivity index (χ2v) is 6.37. The van der Waals surface area contributed by atoms with Crippen molar-refractivity contribution in [1.82, 2.24) is 4.98 Å². The second kappa shape index (κ2) is 4.74. The van der Waals surface area contributed by atoms with Gasteiger partial charge in [0.25, 0.3) is 0 Å². The van der Waals surface area contributed by atoms with Gasteiger partial charge in [-0.05, 0) is 13.3 Å². The van der Waals surface area contributed by atoms with Crippen molar-refractivity contribution in [1.29, 1.82) is 0 Å². The molecule has 3 N–H and O–H groups in total. The summed E-state index contributed by atoms with van der Waals surface area (Å²) < 4.78 is 0. The molecule has 1 aromatic rings. The second-order valence-electron chi connectivity index (χ2n) is 5.51. The number of hydrogen-bond acceptors (Lipinski definition) is 4. The van der Waals surface area contributed by atoms with Crippen LogP contribution in [0.25, 0.3) is 0 Å². The van der Waals surface area contributed by atoms with Crippen LogP contribution in [0.1, 0.15) is 46.7 Å². The SMILES string of the molecule is CCC(C)(N)C(=O)Nc1nc(C(C)(C)C)cs1. The van der Waals surface area contributed by atoms with E-state index in [2.05, 4.69) is 31.1 Å². The third-order valence-electron chi connectivity index (χ3n) is 2.75. The van der Waals surface area contributed by atoms with Gasteiger partial charge in [-0.15, -0.1) is 11.3 Å². The fraction of sp³-hybridized carbons (Fsp3) is 0.667. The van der Waals surface area contributed by atoms with Gasteiger partial charge >= 0.3 is 0 Å². The summed E-state index contributed by atoms with van der Waals surface area (Å²) in [5.74, 6) is -0.185. The molecular weight excluding hydrogens is 234 g/mol. The van der Waals surface area contributed by atoms with Gasteiger partial charge in [0.15, 0.2) is 5.13 Å². The molecule has 1 atom stereocenters. The maximum Gasteiger partial charge on any atom is 0.245 e. The summed E-state index contributed by atoms with van der Waals surface area (Å²) >= 11 is 1.43. The van der Waals surface area contributed by atoms with E-state index in [-0.39, 0.29) is 11.3 Å². The average molecular weight is 255 g/mol. The molecule has 0 aliphatic carbocycles. The van der Waals surface area contributed by atoms with E-state index in [0.717, 1.165) is 5.69 Å². The zero-order valence-corrected chi connectivity index (χ0v) is 11.9. The van der Waals surface area contributed by atoms with Crippen molar-refractivity contribution in [3.8, 4) is 0 Å². The predicted octanol–water partition coefficient (Wildman–Crippen LogP) is 2.51. The summed E-state index contributed by atoms with van der Waals surface area (Å²) in [6.07, 6.45) is 0.594. The third kappa shape index (κ3) is 3.51. The summed E-state index contributed by atoms with van der Waals surface area (Å²) in [5.41, 5.74) is 6.00. The first-order valence-corrected chi connectivity index (χ1v) is 6.61. The van der Waals surface area contributed by atoms with Crippen molar-refractivity contribution in [2.24, 2.45) is 5.73 Å². The molecule has 0 bridgehead atoms. The Kier molecular flexibility index (Phi) is 3.94. The van der Waals surface area contributed by atoms with Gasteiger partial charge in [-0.25, -0.2) is 4.98 Å². The van der Waals surface area contributed by atoms with Crippen LogP contribution in [0.2, 0.25) is 0 Å². The van der Waals surface area contributed by atoms with E-state index in [1.165, 1.54) is 11.3 Å². The lowest BCUT2D eigenvalue weighted by atomic mass is 9.93. The molecule has 4 nitrogen and oxygen atoms in total. The van der Waals surface area contributed by atoms with Crippen molar-refractivity contribution in [3.05, 3.63) is 11.1 Å². The third-order valence-corrected chi connectivity index (χ3v) is 3.50. The molecule has 1 heterocycles. The first-order valence-electron chi connectivity index (χ1n) is 5.73. The van der Waals surface area contributed by atoms with E-state index >= 15 is 0 Å². The van der Waals surface area contributed by atoms with Crippen LogP contribution >= 0.6 is 11.3 Å². The van der Waals surface area contributed by atoms with Crippen molar-refractivity contribution in [3.63, 3.8) is 0 Å². The minimum absolute atomic E-state index is 0.00372. The lowest BCUT2D eigenvalue weighted by molar-refractivity contribution is -0.120. The smallest absolute Gasteiger partial charge is 0.245 e. The highest BCUT2D eigenvalue weighted by molar-refractivity contribution is 7.14. The van der Waals surface area contributed by atoms with E-state index < -0.39 is 5.54 Å². The topological polar surface area (TPSA) is 68.0 Å². The van der Waals surface area contributed by atoms with Crippen molar-refractivity contribution in [2.45, 2.75) is 52.0 Å². The van der Waals surface area contributed by atoms with E-state index in [1.54, 1.807) is 6.92 Å². The molecule has 1 unspecified atom stereocenters. The van der Waals surface area contributed by atoms with E-state index in [0.29, 0.717) is 11.6 Å². The highest BCUT2D eigenvalue weighted by Crippen LogP contribution is 2.26. The summed E-state index contributed by atoms with van der Waals surface area (Å²) in [6.45, 7) is 9.88. The molecule has 1 rings (SSSR count). The Morgan fingerprint density at radius 2 is 2.06 bits per heavy atom. The first kappa shape index (κ1) is 14.1. The number of thiazole rings is 1. The Morgan fingerprint density at radius 1 is 1.47 bits per heavy atom. The van der Waals surface area contributed by atoms with Crippen LogP contribution in [-0.4, -0.2) is 16.4 Å². The molecule has 5 heteroatoms. The summed E-state index contributed by atoms with van der Waals surface area (Å²) in [6, 6.07) is 0. The molecule has 1 aromatic heterocycles. The van der Waals surface area contributed by atoms with Gasteiger partial charge in [0.2, 0.25) is 5.91 Å². The number of nitrogens with zero attached hydrogens (tertiary/aromatic N) is 1. The number of aromatic nitrogens is 1. The molecule has 0 aliphatic rings. The van der Waals surface area contributed by atoms with Crippen molar-refractivity contribution >= 4 is 22.4 Å². The maximum atomic E-state index is 11.9. The Bertz CT molecular complexity index is 404. The fourth-order valence-corrected chi connectivity index (χ4v) is 2.01. The van der Waals surface area contributed by atoms with Crippen LogP contribution in [0.3, 0.4) is 0 Å². The lowest BCUT2D eigenvalue weighted by Gasteiger charge is -2.20. The van der Waals surface area contributed by atoms with Crippen LogP contribution in [0.5, 0.6) is 0 Å². The van der Waals surface area contributed by atoms with Crippen LogP contribution < -0.4 is 11.1 Å². The first-order chi connectivity index (χ1) is 7.66. The summed E-state index contributed by atoms with van der Waals surface area (Å²) in [5, 5.41) is 5.35. The van der Waals surface area contributed by atoms with Crippen LogP contribution in [-0.2, 0) is 10.2 Å². The van der Waals surface area contributed by atoms with Gasteiger partial charge < -0.3 is 11.1 Å². The molecule has 0 saturated heterocycles. The Hall–Kier alpha value is -0.940. The zero-order chi connectivity index (χ0) is 13.3. The quantitative estimate of drug-likeness (QED) is 0.872. The largest absolute Gasteiger partial charge is 0.318 e. The minimum Gasteiger partial charge on any atom is -0.318 e. The van der Waals surface area contributed by atoms with Gasteiger partial charge in [0.05, 0.1) is 11.2 Å². The zero-order valence-electron chi connectivity index (χ0n) is 11.1. The highest BCUT2D eigenvalue weighted by Gasteiger charge is 2.27. The monoisotopic (exact) mass is 255 g/mol. The number of nitrogens with two attached hydrogens (primary N) is 1. The molecule has 17 heavy (non-hydrogen) atoms. The number of anilines is 1. The maximum absolute atomic E-state index is 11.9. The number of carbonyl (C=O) groups excluding carboxylic acids is 1. The molecule has 96 valence electrons. The lowest BCUT2D eigenvalue weighted by Crippen LogP contribution is -2.47. The van der Waals surface area contributed by atoms with Gasteiger partial charge in [0, 0.05) is 10.8 Å². The molecule has 1 amide bonds. The molecule has 0 aliphatic heterocycles. The number of rotatable bonds is 3. The number of amides is 1. The Morgan fingerprint density at radius 3 is 2.47 bits per heavy atom. The number of nitrogens with one attached hydrogen (secondary N) is 1. The Labute approximate surface area is 107 Å². The van der Waals surface area contributed by atoms with Gasteiger partial charge in [0.1, 0.15) is 0 Å². The molecule has 0 saturated carbocycles. The average Bonchev–Trinajstić information content (AvgIpc) is 2.65. The number of carbonyl (C=O) groups is 1. The van der Waals surface area contributed by atoms with Crippen molar-refractivity contribution < 1.29 is 4.79 Å². The van der Waals surface area contributed by atoms with Gasteiger partial charge in [-0.2, -0.15) is 0 Å². The van der Waals surface area contributed by atoms with E-state index in [9.17, 15) is 4.79 Å². The Balaban J connectivity index is 2.77. The van der Waals surface area contributed by atoms with E-state index in [1.807, 2.05) is 12.3 Å². The van der Waals surface area contributed by atoms with Gasteiger partial charge in [-0.1, -0.05) is 27.7 Å². The van der Waals surface area contributed by atoms with Crippen molar-refractivity contribution in [2.75, 3.05) is 5.32 Å². The van der Waals surface area contributed by atoms with E-state index in [4.69, 9.17) is 5.73 Å². The molecule has 0 aromatic carbocycles. The standard InChI is InChI=1S/C12H21N3OS/c1-6-12(5,13)9(16)15-10-14-8(7-17-10)11(2,3)4/h7H,6,13H2,1-5H3,(H,14,15,16). The highest BCUT2D eigenvalue weighted by atomic mass is 32.1. The van der Waals surface area contributed by atoms with Crippen LogP contribution in [0.15, 0.2) is 5.38 Å². The fourth-order valence-electron chi connectivity index (χ4n) is 1.08. The molecule has 0 spiro atoms. The van der Waals surface area contributed by atoms with Crippen LogP contribution in [0.4, 0.5) is 5.13 Å². The molecular formula is C12H21N3OS. The van der Waals surface area contributed by atoms with Gasteiger partial charge in [-0.3, -0.25) is 4.79 Å². The summed E-state index contributed by atoms with van der Waals surface area (Å²) in [7, 11) is 0. The van der Waals surface area contributed by atoms with Crippen LogP contribution in [0, 0.1) is 0 Å². The summed E-state index contributed by atoms with van der Waals surface area (Å²) in [4.78, 5) is 16.3. The molecule has 0 radical (unpaired) electrons. The normalized spacial score (nSPS) is 15.4. The predicted molar refractivity (Wildman–Crippen MR) is 72.3 cm³/mol. The minimum atomic E-state index is -0.840.